The Morgan fingerprint density at radius 2 is 1.69 bits per heavy atom. The molecule has 2 heterocycles. The first-order valence-electron chi connectivity index (χ1n) is 9.45. The zero-order chi connectivity index (χ0) is 19.9. The monoisotopic (exact) mass is 388 g/mol. The molecule has 0 radical (unpaired) electrons. The Hall–Kier alpha value is -3.67. The van der Waals surface area contributed by atoms with Crippen molar-refractivity contribution in [1.29, 1.82) is 0 Å². The van der Waals surface area contributed by atoms with Crippen LogP contribution in [0.15, 0.2) is 83.5 Å². The van der Waals surface area contributed by atoms with Crippen molar-refractivity contribution >= 4 is 11.8 Å². The Kier molecular flexibility index (Phi) is 5.81. The molecule has 0 atom stereocenters. The van der Waals surface area contributed by atoms with E-state index < -0.39 is 0 Å². The quantitative estimate of drug-likeness (QED) is 0.437. The molecule has 0 fully saturated rings. The number of hydrogen-bond acceptors (Lipinski definition) is 5. The number of hydrogen-bond donors (Lipinski definition) is 2. The largest absolute Gasteiger partial charge is 0.467 e. The summed E-state index contributed by atoms with van der Waals surface area (Å²) in [6, 6.07) is 22.2. The van der Waals surface area contributed by atoms with E-state index in [1.807, 2.05) is 48.5 Å². The molecule has 146 valence electrons. The van der Waals surface area contributed by atoms with Gasteiger partial charge >= 0.3 is 0 Å². The van der Waals surface area contributed by atoms with Crippen LogP contribution in [0.25, 0.3) is 11.3 Å². The summed E-state index contributed by atoms with van der Waals surface area (Å²) in [7, 11) is 0. The lowest BCUT2D eigenvalue weighted by Crippen LogP contribution is -2.10. The van der Waals surface area contributed by atoms with Crippen LogP contribution >= 0.6 is 0 Å². The van der Waals surface area contributed by atoms with Gasteiger partial charge in [-0.2, -0.15) is 4.98 Å². The van der Waals surface area contributed by atoms with Crippen LogP contribution in [0.3, 0.4) is 0 Å². The van der Waals surface area contributed by atoms with E-state index in [2.05, 4.69) is 20.6 Å². The molecule has 2 aromatic heterocycles. The van der Waals surface area contributed by atoms with Gasteiger partial charge in [0.2, 0.25) is 5.95 Å². The van der Waals surface area contributed by atoms with E-state index in [0.29, 0.717) is 24.9 Å². The van der Waals surface area contributed by atoms with Crippen molar-refractivity contribution in [1.82, 2.24) is 9.97 Å². The van der Waals surface area contributed by atoms with Gasteiger partial charge in [0, 0.05) is 18.2 Å². The van der Waals surface area contributed by atoms with Crippen LogP contribution in [0.1, 0.15) is 11.3 Å². The second kappa shape index (κ2) is 9.01. The molecule has 0 saturated carbocycles. The highest BCUT2D eigenvalue weighted by Crippen LogP contribution is 2.22. The smallest absolute Gasteiger partial charge is 0.225 e. The minimum atomic E-state index is -0.229. The van der Waals surface area contributed by atoms with E-state index in [4.69, 9.17) is 4.42 Å². The maximum Gasteiger partial charge on any atom is 0.225 e. The standard InChI is InChI=1S/C23H21FN4O/c24-19-10-8-17(9-11-19)12-13-25-23-27-21(18-5-2-1-3-6-18)15-22(28-23)26-16-20-7-4-14-29-20/h1-11,14-15H,12-13,16H2,(H2,25,26,27,28). The fraction of sp³-hybridized carbons (Fsp3) is 0.130. The van der Waals surface area contributed by atoms with Crippen molar-refractivity contribution in [2.24, 2.45) is 0 Å². The first kappa shape index (κ1) is 18.7. The summed E-state index contributed by atoms with van der Waals surface area (Å²) < 4.78 is 18.4. The lowest BCUT2D eigenvalue weighted by atomic mass is 10.1. The lowest BCUT2D eigenvalue weighted by Gasteiger charge is -2.11. The predicted octanol–water partition coefficient (Wildman–Crippen LogP) is 5.14. The molecule has 0 aliphatic rings. The topological polar surface area (TPSA) is 63.0 Å². The second-order valence-electron chi connectivity index (χ2n) is 6.56. The molecule has 0 unspecified atom stereocenters. The Bertz CT molecular complexity index is 1030. The van der Waals surface area contributed by atoms with Gasteiger partial charge in [0.05, 0.1) is 18.5 Å². The second-order valence-corrected chi connectivity index (χ2v) is 6.56. The predicted molar refractivity (Wildman–Crippen MR) is 112 cm³/mol. The summed E-state index contributed by atoms with van der Waals surface area (Å²) in [5.74, 6) is 1.85. The van der Waals surface area contributed by atoms with Crippen molar-refractivity contribution in [3.05, 3.63) is 96.2 Å². The summed E-state index contributed by atoms with van der Waals surface area (Å²) in [6.07, 6.45) is 2.39. The average molecular weight is 388 g/mol. The van der Waals surface area contributed by atoms with Gasteiger partial charge in [-0.1, -0.05) is 42.5 Å². The van der Waals surface area contributed by atoms with Gasteiger partial charge in [-0.05, 0) is 36.2 Å². The van der Waals surface area contributed by atoms with E-state index in [0.717, 1.165) is 29.0 Å². The van der Waals surface area contributed by atoms with Crippen molar-refractivity contribution in [3.63, 3.8) is 0 Å². The third kappa shape index (κ3) is 5.19. The number of benzene rings is 2. The van der Waals surface area contributed by atoms with Gasteiger partial charge < -0.3 is 15.1 Å². The van der Waals surface area contributed by atoms with E-state index >= 15 is 0 Å². The number of aromatic nitrogens is 2. The van der Waals surface area contributed by atoms with Crippen molar-refractivity contribution in [2.75, 3.05) is 17.2 Å². The Labute approximate surface area is 168 Å². The number of nitrogens with one attached hydrogen (secondary N) is 2. The molecule has 0 amide bonds. The van der Waals surface area contributed by atoms with Gasteiger partial charge in [0.25, 0.3) is 0 Å². The van der Waals surface area contributed by atoms with E-state index in [9.17, 15) is 4.39 Å². The number of halogens is 1. The molecule has 0 aliphatic heterocycles. The molecule has 5 nitrogen and oxygen atoms in total. The van der Waals surface area contributed by atoms with Gasteiger partial charge in [-0.25, -0.2) is 9.37 Å². The minimum Gasteiger partial charge on any atom is -0.467 e. The van der Waals surface area contributed by atoms with Crippen LogP contribution in [0.5, 0.6) is 0 Å². The first-order valence-corrected chi connectivity index (χ1v) is 9.45. The van der Waals surface area contributed by atoms with Gasteiger partial charge in [0.1, 0.15) is 17.4 Å². The zero-order valence-corrected chi connectivity index (χ0v) is 15.8. The summed E-state index contributed by atoms with van der Waals surface area (Å²) in [5, 5.41) is 6.56. The fourth-order valence-corrected chi connectivity index (χ4v) is 2.93. The number of nitrogens with zero attached hydrogens (tertiary/aromatic N) is 2. The van der Waals surface area contributed by atoms with Crippen LogP contribution < -0.4 is 10.6 Å². The van der Waals surface area contributed by atoms with E-state index in [1.165, 1.54) is 12.1 Å². The van der Waals surface area contributed by atoms with Crippen molar-refractivity contribution in [3.8, 4) is 11.3 Å². The Morgan fingerprint density at radius 1 is 0.862 bits per heavy atom. The summed E-state index contributed by atoms with van der Waals surface area (Å²) in [5.41, 5.74) is 2.89. The maximum atomic E-state index is 13.0. The maximum absolute atomic E-state index is 13.0. The summed E-state index contributed by atoms with van der Waals surface area (Å²) in [4.78, 5) is 9.22. The molecule has 2 N–H and O–H groups in total. The molecular formula is C23H21FN4O. The highest BCUT2D eigenvalue weighted by Gasteiger charge is 2.07. The highest BCUT2D eigenvalue weighted by atomic mass is 19.1. The third-order valence-corrected chi connectivity index (χ3v) is 4.43. The molecule has 4 aromatic rings. The SMILES string of the molecule is Fc1ccc(CCNc2nc(NCc3ccco3)cc(-c3ccccc3)n2)cc1. The molecule has 6 heteroatoms. The molecule has 0 saturated heterocycles. The fourth-order valence-electron chi connectivity index (χ4n) is 2.93. The third-order valence-electron chi connectivity index (χ3n) is 4.43. The number of rotatable bonds is 8. The molecule has 2 aromatic carbocycles. The van der Waals surface area contributed by atoms with Crippen molar-refractivity contribution in [2.45, 2.75) is 13.0 Å². The molecular weight excluding hydrogens is 367 g/mol. The lowest BCUT2D eigenvalue weighted by molar-refractivity contribution is 0.518. The van der Waals surface area contributed by atoms with Crippen LogP contribution in [-0.4, -0.2) is 16.5 Å². The Balaban J connectivity index is 1.49. The van der Waals surface area contributed by atoms with Gasteiger partial charge in [-0.15, -0.1) is 0 Å². The van der Waals surface area contributed by atoms with Crippen LogP contribution in [0.2, 0.25) is 0 Å². The first-order chi connectivity index (χ1) is 14.3. The van der Waals surface area contributed by atoms with Crippen molar-refractivity contribution < 1.29 is 8.81 Å². The highest BCUT2D eigenvalue weighted by molar-refractivity contribution is 5.64. The van der Waals surface area contributed by atoms with Gasteiger partial charge in [0.15, 0.2) is 0 Å². The Morgan fingerprint density at radius 3 is 2.45 bits per heavy atom. The van der Waals surface area contributed by atoms with Crippen LogP contribution in [-0.2, 0) is 13.0 Å². The molecule has 29 heavy (non-hydrogen) atoms. The number of anilines is 2. The normalized spacial score (nSPS) is 10.7. The van der Waals surface area contributed by atoms with Crippen LogP contribution in [0, 0.1) is 5.82 Å². The van der Waals surface area contributed by atoms with Crippen LogP contribution in [0.4, 0.5) is 16.2 Å². The minimum absolute atomic E-state index is 0.229. The zero-order valence-electron chi connectivity index (χ0n) is 15.8. The molecule has 0 bridgehead atoms. The molecule has 0 aliphatic carbocycles. The van der Waals surface area contributed by atoms with Gasteiger partial charge in [-0.3, -0.25) is 0 Å². The van der Waals surface area contributed by atoms with E-state index in [-0.39, 0.29) is 5.82 Å². The number of furan rings is 1. The average Bonchev–Trinajstić information content (AvgIpc) is 3.28. The van der Waals surface area contributed by atoms with E-state index in [1.54, 1.807) is 18.4 Å². The molecule has 4 rings (SSSR count). The molecule has 0 spiro atoms. The summed E-state index contributed by atoms with van der Waals surface area (Å²) in [6.45, 7) is 1.18. The summed E-state index contributed by atoms with van der Waals surface area (Å²) >= 11 is 0.